The Morgan fingerprint density at radius 1 is 1.00 bits per heavy atom. The molecule has 3 aromatic carbocycles. The van der Waals surface area contributed by atoms with Crippen molar-refractivity contribution in [2.24, 2.45) is 0 Å². The number of hydrogen-bond acceptors (Lipinski definition) is 4. The highest BCUT2D eigenvalue weighted by Crippen LogP contribution is 2.33. The van der Waals surface area contributed by atoms with E-state index in [1.807, 2.05) is 30.3 Å². The van der Waals surface area contributed by atoms with Crippen LogP contribution in [0.4, 0.5) is 4.39 Å². The van der Waals surface area contributed by atoms with Gasteiger partial charge in [-0.25, -0.2) is 14.0 Å². The van der Waals surface area contributed by atoms with Crippen molar-refractivity contribution in [1.82, 2.24) is 0 Å². The lowest BCUT2D eigenvalue weighted by Crippen LogP contribution is -2.06. The fourth-order valence-electron chi connectivity index (χ4n) is 3.19. The zero-order valence-electron chi connectivity index (χ0n) is 16.1. The fraction of sp³-hybridized carbons (Fsp3) is 0.0400. The molecule has 0 N–H and O–H groups in total. The molecule has 1 heterocycles. The molecule has 0 atom stereocenters. The van der Waals surface area contributed by atoms with E-state index >= 15 is 0 Å². The molecule has 4 rings (SSSR count). The van der Waals surface area contributed by atoms with Gasteiger partial charge in [-0.05, 0) is 54.0 Å². The first-order valence-corrected chi connectivity index (χ1v) is 9.29. The lowest BCUT2D eigenvalue weighted by atomic mass is 10.0. The highest BCUT2D eigenvalue weighted by Gasteiger charge is 2.14. The maximum Gasteiger partial charge on any atom is 0.336 e. The standard InChI is InChI=1S/C25H17FO4/c1-16-22(29-23(27)14-9-17-7-10-19(26)11-8-17)13-12-20-21(15-24(28)30-25(16)20)18-5-3-2-4-6-18/h2-15H,1H3. The Bertz CT molecular complexity index is 1300. The fourth-order valence-corrected chi connectivity index (χ4v) is 3.19. The summed E-state index contributed by atoms with van der Waals surface area (Å²) in [6, 6.07) is 20.1. The van der Waals surface area contributed by atoms with Gasteiger partial charge in [-0.2, -0.15) is 0 Å². The van der Waals surface area contributed by atoms with E-state index in [1.165, 1.54) is 30.4 Å². The second-order valence-corrected chi connectivity index (χ2v) is 6.72. The average Bonchev–Trinajstić information content (AvgIpc) is 2.76. The number of esters is 1. The summed E-state index contributed by atoms with van der Waals surface area (Å²) in [6.07, 6.45) is 2.79. The van der Waals surface area contributed by atoms with Crippen LogP contribution in [0.15, 0.2) is 88.1 Å². The van der Waals surface area contributed by atoms with Crippen LogP contribution in [0, 0.1) is 12.7 Å². The summed E-state index contributed by atoms with van der Waals surface area (Å²) in [6.45, 7) is 1.73. The van der Waals surface area contributed by atoms with Gasteiger partial charge in [-0.15, -0.1) is 0 Å². The summed E-state index contributed by atoms with van der Waals surface area (Å²) in [7, 11) is 0. The summed E-state index contributed by atoms with van der Waals surface area (Å²) in [5.41, 5.74) is 2.74. The van der Waals surface area contributed by atoms with Crippen molar-refractivity contribution in [2.45, 2.75) is 6.92 Å². The first kappa shape index (κ1) is 19.3. The zero-order valence-corrected chi connectivity index (χ0v) is 16.1. The maximum atomic E-state index is 13.0. The van der Waals surface area contributed by atoms with Gasteiger partial charge in [0.25, 0.3) is 0 Å². The van der Waals surface area contributed by atoms with Crippen molar-refractivity contribution in [2.75, 3.05) is 0 Å². The van der Waals surface area contributed by atoms with E-state index in [4.69, 9.17) is 9.15 Å². The van der Waals surface area contributed by atoms with Gasteiger partial charge in [0, 0.05) is 23.1 Å². The van der Waals surface area contributed by atoms with Gasteiger partial charge in [-0.1, -0.05) is 42.5 Å². The first-order chi connectivity index (χ1) is 14.5. The molecule has 0 saturated carbocycles. The van der Waals surface area contributed by atoms with E-state index in [1.54, 1.807) is 31.2 Å². The number of hydrogen-bond donors (Lipinski definition) is 0. The van der Waals surface area contributed by atoms with Crippen LogP contribution in [0.25, 0.3) is 28.2 Å². The Labute approximate surface area is 171 Å². The van der Waals surface area contributed by atoms with Crippen LogP contribution < -0.4 is 10.4 Å². The molecule has 148 valence electrons. The van der Waals surface area contributed by atoms with Gasteiger partial charge in [0.15, 0.2) is 0 Å². The van der Waals surface area contributed by atoms with Gasteiger partial charge in [-0.3, -0.25) is 0 Å². The summed E-state index contributed by atoms with van der Waals surface area (Å²) < 4.78 is 23.8. The third-order valence-electron chi connectivity index (χ3n) is 4.69. The van der Waals surface area contributed by atoms with Crippen molar-refractivity contribution < 1.29 is 18.3 Å². The van der Waals surface area contributed by atoms with Crippen LogP contribution in [0.5, 0.6) is 5.75 Å². The van der Waals surface area contributed by atoms with Crippen molar-refractivity contribution in [3.8, 4) is 16.9 Å². The van der Waals surface area contributed by atoms with Crippen LogP contribution in [0.2, 0.25) is 0 Å². The van der Waals surface area contributed by atoms with Gasteiger partial charge >= 0.3 is 11.6 Å². The lowest BCUT2D eigenvalue weighted by molar-refractivity contribution is -0.128. The number of aryl methyl sites for hydroxylation is 1. The molecule has 1 aromatic heterocycles. The molecule has 0 saturated heterocycles. The van der Waals surface area contributed by atoms with Crippen molar-refractivity contribution in [3.05, 3.63) is 106 Å². The molecule has 0 amide bonds. The van der Waals surface area contributed by atoms with Crippen LogP contribution >= 0.6 is 0 Å². The molecule has 5 heteroatoms. The van der Waals surface area contributed by atoms with Crippen LogP contribution in [0.1, 0.15) is 11.1 Å². The second-order valence-electron chi connectivity index (χ2n) is 6.72. The van der Waals surface area contributed by atoms with E-state index in [2.05, 4.69) is 0 Å². The summed E-state index contributed by atoms with van der Waals surface area (Å²) in [5, 5.41) is 0.750. The molecule has 0 aliphatic heterocycles. The Kier molecular flexibility index (Phi) is 5.26. The number of rotatable bonds is 4. The van der Waals surface area contributed by atoms with Gasteiger partial charge in [0.1, 0.15) is 17.1 Å². The number of halogens is 1. The number of benzene rings is 3. The molecule has 0 spiro atoms. The normalized spacial score (nSPS) is 11.1. The molecule has 0 unspecified atom stereocenters. The van der Waals surface area contributed by atoms with E-state index in [0.717, 1.165) is 16.5 Å². The zero-order chi connectivity index (χ0) is 21.1. The predicted molar refractivity (Wildman–Crippen MR) is 114 cm³/mol. The minimum absolute atomic E-state index is 0.296. The largest absolute Gasteiger partial charge is 0.423 e. The molecular weight excluding hydrogens is 383 g/mol. The Morgan fingerprint density at radius 2 is 1.73 bits per heavy atom. The Hall–Kier alpha value is -3.99. The molecule has 0 bridgehead atoms. The molecule has 0 aliphatic carbocycles. The first-order valence-electron chi connectivity index (χ1n) is 9.29. The molecule has 0 aliphatic rings. The van der Waals surface area contributed by atoms with Gasteiger partial charge < -0.3 is 9.15 Å². The van der Waals surface area contributed by atoms with E-state index in [9.17, 15) is 14.0 Å². The minimum Gasteiger partial charge on any atom is -0.423 e. The molecule has 30 heavy (non-hydrogen) atoms. The maximum absolute atomic E-state index is 13.0. The lowest BCUT2D eigenvalue weighted by Gasteiger charge is -2.11. The number of carbonyl (C=O) groups excluding carboxylic acids is 1. The molecule has 0 radical (unpaired) electrons. The number of ether oxygens (including phenoxy) is 1. The topological polar surface area (TPSA) is 56.5 Å². The third kappa shape index (κ3) is 4.05. The summed E-state index contributed by atoms with van der Waals surface area (Å²) in [5.74, 6) is -0.647. The highest BCUT2D eigenvalue weighted by atomic mass is 19.1. The quantitative estimate of drug-likeness (QED) is 0.196. The highest BCUT2D eigenvalue weighted by molar-refractivity contribution is 5.96. The molecule has 0 fully saturated rings. The van der Waals surface area contributed by atoms with E-state index in [0.29, 0.717) is 22.5 Å². The molecule has 4 aromatic rings. The third-order valence-corrected chi connectivity index (χ3v) is 4.69. The Balaban J connectivity index is 1.66. The molecular formula is C25H17FO4. The summed E-state index contributed by atoms with van der Waals surface area (Å²) in [4.78, 5) is 24.4. The monoisotopic (exact) mass is 400 g/mol. The Morgan fingerprint density at radius 3 is 2.47 bits per heavy atom. The van der Waals surface area contributed by atoms with E-state index in [-0.39, 0.29) is 5.82 Å². The number of fused-ring (bicyclic) bond motifs is 1. The average molecular weight is 400 g/mol. The van der Waals surface area contributed by atoms with E-state index < -0.39 is 11.6 Å². The molecule has 4 nitrogen and oxygen atoms in total. The van der Waals surface area contributed by atoms with Gasteiger partial charge in [0.05, 0.1) is 0 Å². The smallest absolute Gasteiger partial charge is 0.336 e. The summed E-state index contributed by atoms with van der Waals surface area (Å²) >= 11 is 0. The van der Waals surface area contributed by atoms with Crippen molar-refractivity contribution in [1.29, 1.82) is 0 Å². The van der Waals surface area contributed by atoms with Crippen molar-refractivity contribution in [3.63, 3.8) is 0 Å². The second kappa shape index (κ2) is 8.17. The number of carbonyl (C=O) groups is 1. The van der Waals surface area contributed by atoms with Crippen LogP contribution in [-0.4, -0.2) is 5.97 Å². The van der Waals surface area contributed by atoms with Gasteiger partial charge in [0.2, 0.25) is 0 Å². The van der Waals surface area contributed by atoms with Crippen molar-refractivity contribution >= 4 is 23.0 Å². The van der Waals surface area contributed by atoms with Crippen LogP contribution in [0.3, 0.4) is 0 Å². The SMILES string of the molecule is Cc1c(OC(=O)C=Cc2ccc(F)cc2)ccc2c(-c3ccccc3)cc(=O)oc12. The predicted octanol–water partition coefficient (Wildman–Crippen LogP) is 5.53. The van der Waals surface area contributed by atoms with Crippen LogP contribution in [-0.2, 0) is 4.79 Å². The minimum atomic E-state index is -0.594.